The van der Waals surface area contributed by atoms with Crippen molar-refractivity contribution in [1.82, 2.24) is 0 Å². The average Bonchev–Trinajstić information content (AvgIpc) is 2.59. The van der Waals surface area contributed by atoms with Crippen LogP contribution in [0.5, 0.6) is 0 Å². The zero-order valence-corrected chi connectivity index (χ0v) is 8.25. The van der Waals surface area contributed by atoms with Crippen molar-refractivity contribution < 1.29 is 24.2 Å². The lowest BCUT2D eigenvalue weighted by atomic mass is 9.83. The molecule has 0 aromatic carbocycles. The number of methoxy groups -OCH3 is 1. The Hall–Kier alpha value is -1.36. The summed E-state index contributed by atoms with van der Waals surface area (Å²) in [6, 6.07) is 0. The van der Waals surface area contributed by atoms with Gasteiger partial charge in [-0.25, -0.2) is 0 Å². The minimum absolute atomic E-state index is 0.169. The summed E-state index contributed by atoms with van der Waals surface area (Å²) in [5, 5.41) is 9.03. The van der Waals surface area contributed by atoms with E-state index >= 15 is 0 Å². The van der Waals surface area contributed by atoms with Crippen molar-refractivity contribution in [2.75, 3.05) is 7.11 Å². The fourth-order valence-corrected chi connectivity index (χ4v) is 2.18. The molecular weight excluding hydrogens is 200 g/mol. The minimum Gasteiger partial charge on any atom is -0.481 e. The van der Waals surface area contributed by atoms with E-state index in [1.54, 1.807) is 6.08 Å². The Morgan fingerprint density at radius 1 is 1.47 bits per heavy atom. The fourth-order valence-electron chi connectivity index (χ4n) is 2.18. The number of carboxylic acids is 1. The van der Waals surface area contributed by atoms with E-state index in [-0.39, 0.29) is 6.10 Å². The summed E-state index contributed by atoms with van der Waals surface area (Å²) in [7, 11) is 1.26. The van der Waals surface area contributed by atoms with Crippen molar-refractivity contribution in [2.24, 2.45) is 11.8 Å². The van der Waals surface area contributed by atoms with Crippen molar-refractivity contribution in [2.45, 2.75) is 18.6 Å². The SMILES string of the molecule is COC(=O)C1C2C=CC(CC1C(=O)O)O2. The summed E-state index contributed by atoms with van der Waals surface area (Å²) in [6.07, 6.45) is 3.27. The number of carbonyl (C=O) groups is 2. The van der Waals surface area contributed by atoms with Gasteiger partial charge in [0.2, 0.25) is 0 Å². The molecule has 0 aliphatic carbocycles. The van der Waals surface area contributed by atoms with Crippen LogP contribution in [0.1, 0.15) is 6.42 Å². The first-order chi connectivity index (χ1) is 7.13. The van der Waals surface area contributed by atoms with Crippen LogP contribution in [-0.2, 0) is 19.1 Å². The Labute approximate surface area is 86.7 Å². The highest BCUT2D eigenvalue weighted by atomic mass is 16.5. The predicted octanol–water partition coefficient (Wildman–Crippen LogP) is 0.204. The second kappa shape index (κ2) is 3.66. The molecular formula is C10H12O5. The maximum absolute atomic E-state index is 11.5. The van der Waals surface area contributed by atoms with Crippen LogP contribution in [0.2, 0.25) is 0 Å². The summed E-state index contributed by atoms with van der Waals surface area (Å²) in [5.41, 5.74) is 0. The highest BCUT2D eigenvalue weighted by molar-refractivity contribution is 5.82. The molecule has 1 fully saturated rings. The summed E-state index contributed by atoms with van der Waals surface area (Å²) >= 11 is 0. The number of esters is 1. The van der Waals surface area contributed by atoms with Crippen molar-refractivity contribution in [3.05, 3.63) is 12.2 Å². The number of fused-ring (bicyclic) bond motifs is 2. The minimum atomic E-state index is -0.965. The van der Waals surface area contributed by atoms with E-state index in [1.165, 1.54) is 7.11 Å². The standard InChI is InChI=1S/C10H12O5/c1-14-10(13)8-6(9(11)12)4-5-2-3-7(8)15-5/h2-3,5-8H,4H2,1H3,(H,11,12). The predicted molar refractivity (Wildman–Crippen MR) is 49.0 cm³/mol. The van der Waals surface area contributed by atoms with Crippen LogP contribution >= 0.6 is 0 Å². The lowest BCUT2D eigenvalue weighted by molar-refractivity contribution is -0.169. The number of hydrogen-bond acceptors (Lipinski definition) is 4. The molecule has 0 aromatic rings. The van der Waals surface area contributed by atoms with E-state index in [2.05, 4.69) is 4.74 Å². The highest BCUT2D eigenvalue weighted by Gasteiger charge is 2.47. The molecule has 1 saturated heterocycles. The van der Waals surface area contributed by atoms with E-state index in [0.717, 1.165) is 0 Å². The van der Waals surface area contributed by atoms with Gasteiger partial charge in [0.15, 0.2) is 0 Å². The van der Waals surface area contributed by atoms with Gasteiger partial charge >= 0.3 is 11.9 Å². The second-order valence-corrected chi connectivity index (χ2v) is 3.75. The molecule has 5 nitrogen and oxygen atoms in total. The van der Waals surface area contributed by atoms with E-state index in [0.29, 0.717) is 6.42 Å². The van der Waals surface area contributed by atoms with Crippen molar-refractivity contribution >= 4 is 11.9 Å². The topological polar surface area (TPSA) is 72.8 Å². The first-order valence-electron chi connectivity index (χ1n) is 4.78. The Balaban J connectivity index is 2.24. The third kappa shape index (κ3) is 1.63. The highest BCUT2D eigenvalue weighted by Crippen LogP contribution is 2.36. The molecule has 5 heteroatoms. The van der Waals surface area contributed by atoms with Gasteiger partial charge in [-0.1, -0.05) is 12.2 Å². The maximum atomic E-state index is 11.5. The lowest BCUT2D eigenvalue weighted by Crippen LogP contribution is -2.44. The van der Waals surface area contributed by atoms with Crippen LogP contribution < -0.4 is 0 Å². The number of aliphatic carboxylic acids is 1. The van der Waals surface area contributed by atoms with E-state index in [9.17, 15) is 9.59 Å². The van der Waals surface area contributed by atoms with Crippen LogP contribution in [0.4, 0.5) is 0 Å². The zero-order chi connectivity index (χ0) is 11.0. The third-order valence-corrected chi connectivity index (χ3v) is 2.91. The molecule has 0 aromatic heterocycles. The van der Waals surface area contributed by atoms with Gasteiger partial charge in [0, 0.05) is 0 Å². The van der Waals surface area contributed by atoms with E-state index < -0.39 is 29.9 Å². The fraction of sp³-hybridized carbons (Fsp3) is 0.600. The first kappa shape index (κ1) is 10.2. The Kier molecular flexibility index (Phi) is 2.48. The van der Waals surface area contributed by atoms with Gasteiger partial charge in [-0.2, -0.15) is 0 Å². The number of hydrogen-bond donors (Lipinski definition) is 1. The summed E-state index contributed by atoms with van der Waals surface area (Å²) in [5.74, 6) is -2.91. The van der Waals surface area contributed by atoms with E-state index in [4.69, 9.17) is 9.84 Å². The molecule has 82 valence electrons. The zero-order valence-electron chi connectivity index (χ0n) is 8.25. The molecule has 2 bridgehead atoms. The van der Waals surface area contributed by atoms with Gasteiger partial charge in [-0.15, -0.1) is 0 Å². The van der Waals surface area contributed by atoms with Gasteiger partial charge < -0.3 is 14.6 Å². The monoisotopic (exact) mass is 212 g/mol. The summed E-state index contributed by atoms with van der Waals surface area (Å²) in [6.45, 7) is 0. The molecule has 1 N–H and O–H groups in total. The van der Waals surface area contributed by atoms with Crippen LogP contribution in [0.3, 0.4) is 0 Å². The van der Waals surface area contributed by atoms with Gasteiger partial charge in [-0.3, -0.25) is 9.59 Å². The van der Waals surface area contributed by atoms with Gasteiger partial charge in [0.25, 0.3) is 0 Å². The molecule has 0 amide bonds. The molecule has 4 atom stereocenters. The van der Waals surface area contributed by atoms with Gasteiger partial charge in [0.05, 0.1) is 31.2 Å². The normalized spacial score (nSPS) is 37.7. The molecule has 2 aliphatic heterocycles. The largest absolute Gasteiger partial charge is 0.481 e. The molecule has 2 heterocycles. The molecule has 2 aliphatic rings. The maximum Gasteiger partial charge on any atom is 0.312 e. The Morgan fingerprint density at radius 3 is 2.80 bits per heavy atom. The second-order valence-electron chi connectivity index (χ2n) is 3.75. The summed E-state index contributed by atoms with van der Waals surface area (Å²) < 4.78 is 10.0. The molecule has 2 rings (SSSR count). The van der Waals surface area contributed by atoms with Crippen LogP contribution in [-0.4, -0.2) is 36.4 Å². The van der Waals surface area contributed by atoms with Crippen molar-refractivity contribution in [3.8, 4) is 0 Å². The summed E-state index contributed by atoms with van der Waals surface area (Å²) in [4.78, 5) is 22.5. The van der Waals surface area contributed by atoms with Crippen LogP contribution in [0.15, 0.2) is 12.2 Å². The molecule has 4 unspecified atom stereocenters. The van der Waals surface area contributed by atoms with Crippen molar-refractivity contribution in [1.29, 1.82) is 0 Å². The Bertz CT molecular complexity index is 322. The van der Waals surface area contributed by atoms with Crippen LogP contribution in [0, 0.1) is 11.8 Å². The quantitative estimate of drug-likeness (QED) is 0.523. The molecule has 0 saturated carbocycles. The van der Waals surface area contributed by atoms with Crippen LogP contribution in [0.25, 0.3) is 0 Å². The lowest BCUT2D eigenvalue weighted by Gasteiger charge is -2.32. The number of rotatable bonds is 2. The Morgan fingerprint density at radius 2 is 2.20 bits per heavy atom. The van der Waals surface area contributed by atoms with Gasteiger partial charge in [-0.05, 0) is 6.42 Å². The smallest absolute Gasteiger partial charge is 0.312 e. The number of carbonyl (C=O) groups excluding carboxylic acids is 1. The third-order valence-electron chi connectivity index (χ3n) is 2.91. The van der Waals surface area contributed by atoms with E-state index in [1.807, 2.05) is 6.08 Å². The number of carboxylic acid groups (broad SMARTS) is 1. The molecule has 0 radical (unpaired) electrons. The first-order valence-corrected chi connectivity index (χ1v) is 4.78. The number of ether oxygens (including phenoxy) is 2. The van der Waals surface area contributed by atoms with Crippen molar-refractivity contribution in [3.63, 3.8) is 0 Å². The van der Waals surface area contributed by atoms with Gasteiger partial charge in [0.1, 0.15) is 0 Å². The average molecular weight is 212 g/mol. The molecule has 0 spiro atoms. The molecule has 15 heavy (non-hydrogen) atoms.